The number of carboxylic acids is 1. The van der Waals surface area contributed by atoms with Crippen LogP contribution in [0.15, 0.2) is 36.5 Å². The lowest BCUT2D eigenvalue weighted by molar-refractivity contribution is -0.137. The Hall–Kier alpha value is -2.41. The molecule has 0 aliphatic rings. The molecule has 176 valence electrons. The summed E-state index contributed by atoms with van der Waals surface area (Å²) in [5, 5.41) is 10.9. The normalized spacial score (nSPS) is 12.2. The van der Waals surface area contributed by atoms with Crippen LogP contribution in [0, 0.1) is 5.92 Å². The molecule has 3 rings (SSSR count). The second-order valence-corrected chi connectivity index (χ2v) is 9.25. The summed E-state index contributed by atoms with van der Waals surface area (Å²) in [4.78, 5) is 28.7. The molecule has 0 aliphatic heterocycles. The number of fused-ring (bicyclic) bond motifs is 1. The molecule has 0 saturated heterocycles. The number of carboxylic acid groups (broad SMARTS) is 1. The van der Waals surface area contributed by atoms with E-state index in [-0.39, 0.29) is 24.5 Å². The molecule has 0 bridgehead atoms. The summed E-state index contributed by atoms with van der Waals surface area (Å²) in [6.45, 7) is 2.88. The van der Waals surface area contributed by atoms with E-state index in [2.05, 4.69) is 4.98 Å². The zero-order valence-corrected chi connectivity index (χ0v) is 20.3. The van der Waals surface area contributed by atoms with Crippen molar-refractivity contribution in [2.24, 2.45) is 13.0 Å². The first-order valence-corrected chi connectivity index (χ1v) is 11.7. The monoisotopic (exact) mass is 490 g/mol. The van der Waals surface area contributed by atoms with E-state index in [4.69, 9.17) is 33.0 Å². The van der Waals surface area contributed by atoms with Gasteiger partial charge < -0.3 is 14.4 Å². The molecule has 0 radical (unpaired) electrons. The predicted molar refractivity (Wildman–Crippen MR) is 130 cm³/mol. The predicted octanol–water partition coefficient (Wildman–Crippen LogP) is 6.10. The standard InChI is InChI=1S/C25H28Cl2N2O4/c1-16(11-23(31)32)10-22(30)24-20-13-19(27)14-28-25(20)29(2)21(24)8-3-4-9-33-15-17-6-5-7-18(26)12-17/h5-7,12-14,16H,3-4,8-11,15H2,1-2H3,(H,31,32). The number of ether oxygens (including phenoxy) is 1. The Labute approximate surface area is 203 Å². The SMILES string of the molecule is CC(CC(=O)O)CC(=O)c1c(CCCCOCc2cccc(Cl)c2)n(C)c2ncc(Cl)cc12. The van der Waals surface area contributed by atoms with Crippen LogP contribution in [0.1, 0.15) is 54.2 Å². The zero-order chi connectivity index (χ0) is 24.0. The number of aromatic nitrogens is 2. The summed E-state index contributed by atoms with van der Waals surface area (Å²) in [6.07, 6.45) is 4.03. The number of unbranched alkanes of at least 4 members (excludes halogenated alkanes) is 1. The van der Waals surface area contributed by atoms with Crippen LogP contribution >= 0.6 is 23.2 Å². The molecule has 1 N–H and O–H groups in total. The Bertz CT molecular complexity index is 1140. The van der Waals surface area contributed by atoms with Gasteiger partial charge >= 0.3 is 5.97 Å². The van der Waals surface area contributed by atoms with Gasteiger partial charge in [-0.25, -0.2) is 4.98 Å². The Morgan fingerprint density at radius 2 is 1.94 bits per heavy atom. The van der Waals surface area contributed by atoms with Crippen molar-refractivity contribution in [3.8, 4) is 0 Å². The Morgan fingerprint density at radius 1 is 1.15 bits per heavy atom. The summed E-state index contributed by atoms with van der Waals surface area (Å²) >= 11 is 12.2. The van der Waals surface area contributed by atoms with Crippen LogP contribution < -0.4 is 0 Å². The average Bonchev–Trinajstić information content (AvgIpc) is 3.01. The molecule has 8 heteroatoms. The molecule has 1 atom stereocenters. The molecule has 0 amide bonds. The van der Waals surface area contributed by atoms with Crippen molar-refractivity contribution in [2.75, 3.05) is 6.61 Å². The van der Waals surface area contributed by atoms with Crippen LogP contribution in [-0.4, -0.2) is 33.0 Å². The minimum Gasteiger partial charge on any atom is -0.481 e. The lowest BCUT2D eigenvalue weighted by Crippen LogP contribution is -2.12. The van der Waals surface area contributed by atoms with Crippen LogP contribution in [-0.2, 0) is 29.6 Å². The molecular weight excluding hydrogens is 463 g/mol. The van der Waals surface area contributed by atoms with E-state index >= 15 is 0 Å². The number of carbonyl (C=O) groups excluding carboxylic acids is 1. The van der Waals surface area contributed by atoms with E-state index in [9.17, 15) is 9.59 Å². The quantitative estimate of drug-likeness (QED) is 0.245. The fraction of sp³-hybridized carbons (Fsp3) is 0.400. The Kier molecular flexibility index (Phi) is 8.89. The first-order valence-electron chi connectivity index (χ1n) is 11.0. The molecule has 0 spiro atoms. The summed E-state index contributed by atoms with van der Waals surface area (Å²) in [6, 6.07) is 9.35. The van der Waals surface area contributed by atoms with Gasteiger partial charge in [-0.2, -0.15) is 0 Å². The summed E-state index contributed by atoms with van der Waals surface area (Å²) in [5.41, 5.74) is 3.21. The number of hydrogen-bond donors (Lipinski definition) is 1. The van der Waals surface area contributed by atoms with E-state index in [1.54, 1.807) is 19.2 Å². The number of Topliss-reactive ketones (excluding diaryl/α,β-unsaturated/α-hetero) is 1. The van der Waals surface area contributed by atoms with Crippen molar-refractivity contribution in [1.82, 2.24) is 9.55 Å². The molecule has 2 heterocycles. The van der Waals surface area contributed by atoms with Crippen molar-refractivity contribution in [2.45, 2.75) is 45.6 Å². The minimum absolute atomic E-state index is 0.0468. The number of hydrogen-bond acceptors (Lipinski definition) is 4. The lowest BCUT2D eigenvalue weighted by Gasteiger charge is -2.11. The second-order valence-electron chi connectivity index (χ2n) is 8.38. The third-order valence-electron chi connectivity index (χ3n) is 5.56. The first kappa shape index (κ1) is 25.2. The number of pyridine rings is 1. The largest absolute Gasteiger partial charge is 0.481 e. The van der Waals surface area contributed by atoms with E-state index < -0.39 is 5.97 Å². The van der Waals surface area contributed by atoms with E-state index in [0.717, 1.165) is 24.1 Å². The summed E-state index contributed by atoms with van der Waals surface area (Å²) in [5.74, 6) is -1.24. The van der Waals surface area contributed by atoms with Gasteiger partial charge in [0.1, 0.15) is 5.65 Å². The highest BCUT2D eigenvalue weighted by Crippen LogP contribution is 2.30. The van der Waals surface area contributed by atoms with Gasteiger partial charge in [0.15, 0.2) is 5.78 Å². The molecule has 6 nitrogen and oxygen atoms in total. The van der Waals surface area contributed by atoms with Gasteiger partial charge in [-0.3, -0.25) is 9.59 Å². The van der Waals surface area contributed by atoms with Crippen molar-refractivity contribution < 1.29 is 19.4 Å². The number of nitrogens with zero attached hydrogens (tertiary/aromatic N) is 2. The zero-order valence-electron chi connectivity index (χ0n) is 18.8. The molecular formula is C25H28Cl2N2O4. The highest BCUT2D eigenvalue weighted by Gasteiger charge is 2.24. The van der Waals surface area contributed by atoms with Crippen LogP contribution in [0.3, 0.4) is 0 Å². The Morgan fingerprint density at radius 3 is 2.67 bits per heavy atom. The van der Waals surface area contributed by atoms with E-state index in [0.29, 0.717) is 46.3 Å². The second kappa shape index (κ2) is 11.6. The minimum atomic E-state index is -0.907. The van der Waals surface area contributed by atoms with Crippen molar-refractivity contribution >= 4 is 46.0 Å². The number of rotatable bonds is 12. The highest BCUT2D eigenvalue weighted by molar-refractivity contribution is 6.31. The van der Waals surface area contributed by atoms with Crippen molar-refractivity contribution in [3.05, 3.63) is 63.4 Å². The lowest BCUT2D eigenvalue weighted by atomic mass is 9.94. The van der Waals surface area contributed by atoms with Crippen LogP contribution in [0.4, 0.5) is 0 Å². The van der Waals surface area contributed by atoms with Gasteiger partial charge in [0.2, 0.25) is 0 Å². The van der Waals surface area contributed by atoms with Crippen LogP contribution in [0.25, 0.3) is 11.0 Å². The number of carbonyl (C=O) groups is 2. The maximum atomic E-state index is 13.2. The number of ketones is 1. The number of halogens is 2. The summed E-state index contributed by atoms with van der Waals surface area (Å²) < 4.78 is 7.71. The third-order valence-corrected chi connectivity index (χ3v) is 6.00. The van der Waals surface area contributed by atoms with E-state index in [1.165, 1.54) is 0 Å². The Balaban J connectivity index is 1.68. The molecule has 0 fully saturated rings. The van der Waals surface area contributed by atoms with Gasteiger partial charge in [0, 0.05) is 54.4 Å². The molecule has 0 aliphatic carbocycles. The van der Waals surface area contributed by atoms with Crippen molar-refractivity contribution in [1.29, 1.82) is 0 Å². The van der Waals surface area contributed by atoms with Crippen LogP contribution in [0.2, 0.25) is 10.0 Å². The maximum Gasteiger partial charge on any atom is 0.303 e. The van der Waals surface area contributed by atoms with Gasteiger partial charge in [-0.1, -0.05) is 42.3 Å². The number of aliphatic carboxylic acids is 1. The number of benzene rings is 1. The fourth-order valence-corrected chi connectivity index (χ4v) is 4.41. The van der Waals surface area contributed by atoms with E-state index in [1.807, 2.05) is 35.9 Å². The molecule has 2 aromatic heterocycles. The third kappa shape index (κ3) is 6.79. The van der Waals surface area contributed by atoms with Gasteiger partial charge in [0.05, 0.1) is 11.6 Å². The fourth-order valence-electron chi connectivity index (χ4n) is 4.04. The molecule has 1 unspecified atom stereocenters. The average molecular weight is 491 g/mol. The van der Waals surface area contributed by atoms with Crippen LogP contribution in [0.5, 0.6) is 0 Å². The van der Waals surface area contributed by atoms with Gasteiger partial charge in [-0.05, 0) is 48.9 Å². The molecule has 0 saturated carbocycles. The van der Waals surface area contributed by atoms with Crippen molar-refractivity contribution in [3.63, 3.8) is 0 Å². The molecule has 1 aromatic carbocycles. The molecule has 33 heavy (non-hydrogen) atoms. The molecule has 3 aromatic rings. The number of aryl methyl sites for hydroxylation is 1. The maximum absolute atomic E-state index is 13.2. The van der Waals surface area contributed by atoms with Gasteiger partial charge in [0.25, 0.3) is 0 Å². The highest BCUT2D eigenvalue weighted by atomic mass is 35.5. The summed E-state index contributed by atoms with van der Waals surface area (Å²) in [7, 11) is 1.89. The smallest absolute Gasteiger partial charge is 0.303 e. The first-order chi connectivity index (χ1) is 15.8. The van der Waals surface area contributed by atoms with Gasteiger partial charge in [-0.15, -0.1) is 0 Å². The topological polar surface area (TPSA) is 81.4 Å².